The summed E-state index contributed by atoms with van der Waals surface area (Å²) in [7, 11) is 0. The Bertz CT molecular complexity index is 670. The Morgan fingerprint density at radius 1 is 1.23 bits per heavy atom. The van der Waals surface area contributed by atoms with Crippen LogP contribution < -0.4 is 10.9 Å². The van der Waals surface area contributed by atoms with Crippen molar-refractivity contribution in [2.45, 2.75) is 19.5 Å². The van der Waals surface area contributed by atoms with E-state index >= 15 is 0 Å². The van der Waals surface area contributed by atoms with Gasteiger partial charge < -0.3 is 5.32 Å². The molecule has 116 valence electrons. The summed E-state index contributed by atoms with van der Waals surface area (Å²) in [5.74, 6) is 0. The molecule has 3 heterocycles. The number of piperazine rings is 1. The molecule has 1 aliphatic rings. The number of pyridine rings is 1. The maximum atomic E-state index is 12.0. The lowest BCUT2D eigenvalue weighted by molar-refractivity contribution is 0.197. The van der Waals surface area contributed by atoms with Crippen molar-refractivity contribution < 1.29 is 0 Å². The van der Waals surface area contributed by atoms with Crippen molar-refractivity contribution in [3.8, 4) is 11.4 Å². The fourth-order valence-corrected chi connectivity index (χ4v) is 2.71. The van der Waals surface area contributed by atoms with Gasteiger partial charge in [-0.15, -0.1) is 0 Å². The summed E-state index contributed by atoms with van der Waals surface area (Å²) in [4.78, 5) is 18.6. The topological polar surface area (TPSA) is 63.1 Å². The minimum atomic E-state index is -0.0668. The van der Waals surface area contributed by atoms with Gasteiger partial charge >= 0.3 is 0 Å². The van der Waals surface area contributed by atoms with Crippen LogP contribution in [-0.4, -0.2) is 51.9 Å². The van der Waals surface area contributed by atoms with Crippen molar-refractivity contribution in [2.75, 3.05) is 26.2 Å². The normalized spacial score (nSPS) is 19.2. The molecule has 22 heavy (non-hydrogen) atoms. The molecule has 1 unspecified atom stereocenters. The van der Waals surface area contributed by atoms with E-state index in [2.05, 4.69) is 27.2 Å². The Morgan fingerprint density at radius 2 is 2.14 bits per heavy atom. The molecule has 3 rings (SSSR count). The van der Waals surface area contributed by atoms with Gasteiger partial charge in [-0.2, -0.15) is 5.10 Å². The summed E-state index contributed by atoms with van der Waals surface area (Å²) in [6.07, 6.45) is 1.73. The number of nitrogens with zero attached hydrogens (tertiary/aromatic N) is 4. The molecule has 0 amide bonds. The molecular formula is C16H21N5O. The van der Waals surface area contributed by atoms with Gasteiger partial charge in [-0.3, -0.25) is 14.7 Å². The number of aromatic nitrogens is 3. The van der Waals surface area contributed by atoms with E-state index in [0.29, 0.717) is 12.6 Å². The van der Waals surface area contributed by atoms with Gasteiger partial charge in [-0.05, 0) is 25.1 Å². The van der Waals surface area contributed by atoms with Crippen LogP contribution >= 0.6 is 0 Å². The van der Waals surface area contributed by atoms with Crippen molar-refractivity contribution in [2.24, 2.45) is 0 Å². The van der Waals surface area contributed by atoms with Gasteiger partial charge in [-0.1, -0.05) is 6.07 Å². The van der Waals surface area contributed by atoms with Crippen LogP contribution in [0.15, 0.2) is 41.3 Å². The molecule has 1 atom stereocenters. The van der Waals surface area contributed by atoms with Gasteiger partial charge in [0.25, 0.3) is 5.56 Å². The molecule has 1 saturated heterocycles. The Hall–Kier alpha value is -2.05. The lowest BCUT2D eigenvalue weighted by Crippen LogP contribution is -2.50. The first-order valence-electron chi connectivity index (χ1n) is 7.68. The van der Waals surface area contributed by atoms with Crippen molar-refractivity contribution in [3.63, 3.8) is 0 Å². The summed E-state index contributed by atoms with van der Waals surface area (Å²) in [6.45, 7) is 6.64. The predicted octanol–water partition coefficient (Wildman–Crippen LogP) is 0.599. The molecule has 2 aromatic heterocycles. The summed E-state index contributed by atoms with van der Waals surface area (Å²) >= 11 is 0. The third-order valence-electron chi connectivity index (χ3n) is 3.87. The zero-order chi connectivity index (χ0) is 15.4. The fourth-order valence-electron chi connectivity index (χ4n) is 2.71. The molecule has 0 radical (unpaired) electrons. The molecule has 1 N–H and O–H groups in total. The summed E-state index contributed by atoms with van der Waals surface area (Å²) in [5, 5.41) is 7.86. The Morgan fingerprint density at radius 3 is 2.91 bits per heavy atom. The van der Waals surface area contributed by atoms with E-state index in [4.69, 9.17) is 0 Å². The average molecular weight is 299 g/mol. The third kappa shape index (κ3) is 3.58. The molecule has 6 nitrogen and oxygen atoms in total. The van der Waals surface area contributed by atoms with Crippen LogP contribution in [0.3, 0.4) is 0 Å². The second-order valence-corrected chi connectivity index (χ2v) is 5.65. The van der Waals surface area contributed by atoms with Gasteiger partial charge in [0.2, 0.25) is 0 Å². The predicted molar refractivity (Wildman–Crippen MR) is 85.6 cm³/mol. The highest BCUT2D eigenvalue weighted by atomic mass is 16.1. The van der Waals surface area contributed by atoms with Crippen molar-refractivity contribution >= 4 is 0 Å². The molecule has 0 aromatic carbocycles. The largest absolute Gasteiger partial charge is 0.312 e. The average Bonchev–Trinajstić information content (AvgIpc) is 2.55. The number of nitrogens with one attached hydrogen (secondary N) is 1. The lowest BCUT2D eigenvalue weighted by atomic mass is 10.2. The smallest absolute Gasteiger partial charge is 0.266 e. The second-order valence-electron chi connectivity index (χ2n) is 5.65. The van der Waals surface area contributed by atoms with E-state index in [0.717, 1.165) is 37.6 Å². The van der Waals surface area contributed by atoms with Crippen molar-refractivity contribution in [3.05, 3.63) is 46.9 Å². The van der Waals surface area contributed by atoms with E-state index in [1.54, 1.807) is 18.3 Å². The zero-order valence-corrected chi connectivity index (χ0v) is 12.8. The van der Waals surface area contributed by atoms with Gasteiger partial charge in [0.1, 0.15) is 5.69 Å². The van der Waals surface area contributed by atoms with Gasteiger partial charge in [0, 0.05) is 44.5 Å². The summed E-state index contributed by atoms with van der Waals surface area (Å²) in [6, 6.07) is 9.48. The first-order chi connectivity index (χ1) is 10.7. The third-order valence-corrected chi connectivity index (χ3v) is 3.87. The molecule has 6 heteroatoms. The van der Waals surface area contributed by atoms with Gasteiger partial charge in [-0.25, -0.2) is 4.68 Å². The molecule has 0 aliphatic carbocycles. The molecular weight excluding hydrogens is 278 g/mol. The maximum absolute atomic E-state index is 12.0. The monoisotopic (exact) mass is 299 g/mol. The van der Waals surface area contributed by atoms with Crippen LogP contribution in [0.5, 0.6) is 0 Å². The SMILES string of the molecule is CC1CN(CCn2nc(-c3ccccn3)ccc2=O)CCN1. The van der Waals surface area contributed by atoms with Gasteiger partial charge in [0.15, 0.2) is 0 Å². The van der Waals surface area contributed by atoms with E-state index in [1.807, 2.05) is 18.2 Å². The zero-order valence-electron chi connectivity index (χ0n) is 12.8. The van der Waals surface area contributed by atoms with E-state index in [9.17, 15) is 4.79 Å². The number of rotatable bonds is 4. The Balaban J connectivity index is 1.72. The molecule has 0 spiro atoms. The van der Waals surface area contributed by atoms with E-state index in [-0.39, 0.29) is 5.56 Å². The van der Waals surface area contributed by atoms with Crippen LogP contribution in [0.4, 0.5) is 0 Å². The second kappa shape index (κ2) is 6.81. The first-order valence-corrected chi connectivity index (χ1v) is 7.68. The quantitative estimate of drug-likeness (QED) is 0.896. The summed E-state index contributed by atoms with van der Waals surface area (Å²) in [5.41, 5.74) is 1.45. The molecule has 2 aromatic rings. The maximum Gasteiger partial charge on any atom is 0.266 e. The Labute approximate surface area is 129 Å². The standard InChI is InChI=1S/C16H21N5O/c1-13-12-20(9-8-17-13)10-11-21-16(22)6-5-15(19-21)14-4-2-3-7-18-14/h2-7,13,17H,8-12H2,1H3. The van der Waals surface area contributed by atoms with E-state index < -0.39 is 0 Å². The minimum Gasteiger partial charge on any atom is -0.312 e. The highest BCUT2D eigenvalue weighted by molar-refractivity contribution is 5.52. The van der Waals surface area contributed by atoms with Crippen LogP contribution in [0.2, 0.25) is 0 Å². The van der Waals surface area contributed by atoms with Crippen molar-refractivity contribution in [1.82, 2.24) is 25.0 Å². The Kier molecular flexibility index (Phi) is 4.60. The lowest BCUT2D eigenvalue weighted by Gasteiger charge is -2.31. The van der Waals surface area contributed by atoms with Crippen LogP contribution in [0.25, 0.3) is 11.4 Å². The fraction of sp³-hybridized carbons (Fsp3) is 0.438. The van der Waals surface area contributed by atoms with Gasteiger partial charge in [0.05, 0.1) is 12.2 Å². The molecule has 1 aliphatic heterocycles. The number of hydrogen-bond donors (Lipinski definition) is 1. The minimum absolute atomic E-state index is 0.0668. The molecule has 0 bridgehead atoms. The van der Waals surface area contributed by atoms with Crippen LogP contribution in [0.1, 0.15) is 6.92 Å². The summed E-state index contributed by atoms with van der Waals surface area (Å²) < 4.78 is 1.54. The van der Waals surface area contributed by atoms with Crippen LogP contribution in [-0.2, 0) is 6.54 Å². The number of hydrogen-bond acceptors (Lipinski definition) is 5. The highest BCUT2D eigenvalue weighted by Crippen LogP contribution is 2.10. The highest BCUT2D eigenvalue weighted by Gasteiger charge is 2.15. The molecule has 1 fully saturated rings. The first kappa shape index (κ1) is 14.9. The van der Waals surface area contributed by atoms with Crippen molar-refractivity contribution in [1.29, 1.82) is 0 Å². The van der Waals surface area contributed by atoms with Crippen LogP contribution in [0, 0.1) is 0 Å². The molecule has 0 saturated carbocycles. The van der Waals surface area contributed by atoms with E-state index in [1.165, 1.54) is 4.68 Å².